The van der Waals surface area contributed by atoms with Gasteiger partial charge in [-0.15, -0.1) is 11.3 Å². The molecule has 3 N–H and O–H groups in total. The van der Waals surface area contributed by atoms with Gasteiger partial charge >= 0.3 is 0 Å². The maximum Gasteiger partial charge on any atom is 0.129 e. The molecule has 3 nitrogen and oxygen atoms in total. The summed E-state index contributed by atoms with van der Waals surface area (Å²) >= 11 is 1.67. The van der Waals surface area contributed by atoms with Gasteiger partial charge in [-0.1, -0.05) is 30.3 Å². The molecule has 0 saturated carbocycles. The zero-order valence-corrected chi connectivity index (χ0v) is 11.2. The molecule has 1 heterocycles. The van der Waals surface area contributed by atoms with Crippen LogP contribution in [0.1, 0.15) is 22.9 Å². The van der Waals surface area contributed by atoms with Crippen molar-refractivity contribution in [3.05, 3.63) is 52.2 Å². The highest BCUT2D eigenvalue weighted by Gasteiger charge is 2.12. The number of aryl methyl sites for hydroxylation is 1. The number of thiophene rings is 1. The van der Waals surface area contributed by atoms with Crippen molar-refractivity contribution in [2.24, 2.45) is 5.84 Å². The number of ether oxygens (including phenoxy) is 1. The molecule has 0 aliphatic rings. The smallest absolute Gasteiger partial charge is 0.129 e. The van der Waals surface area contributed by atoms with Gasteiger partial charge in [-0.05, 0) is 24.5 Å². The van der Waals surface area contributed by atoms with E-state index in [0.29, 0.717) is 0 Å². The molecule has 0 fully saturated rings. The molecule has 1 aromatic carbocycles. The van der Waals surface area contributed by atoms with Crippen LogP contribution in [0.3, 0.4) is 0 Å². The van der Waals surface area contributed by atoms with Crippen LogP contribution in [0.25, 0.3) is 0 Å². The Hall–Kier alpha value is -1.36. The molecule has 0 bridgehead atoms. The average Bonchev–Trinajstić information content (AvgIpc) is 2.89. The molecule has 1 atom stereocenters. The molecule has 2 aromatic rings. The summed E-state index contributed by atoms with van der Waals surface area (Å²) in [5, 5.41) is 2.00. The quantitative estimate of drug-likeness (QED) is 0.621. The van der Waals surface area contributed by atoms with Crippen LogP contribution in [-0.4, -0.2) is 7.11 Å². The summed E-state index contributed by atoms with van der Waals surface area (Å²) in [6.07, 6.45) is 1.99. The standard InChI is InChI=1S/C14H18N2OS/c1-17-12-9-14(18-10-12)13(16-15)8-7-11-5-3-2-4-6-11/h2-6,9-10,13,16H,7-8,15H2,1H3. The van der Waals surface area contributed by atoms with Gasteiger partial charge in [0.05, 0.1) is 13.2 Å². The third-order valence-corrected chi connectivity index (χ3v) is 3.97. The van der Waals surface area contributed by atoms with Crippen LogP contribution in [0.2, 0.25) is 0 Å². The number of nitrogens with two attached hydrogens (primary N) is 1. The lowest BCUT2D eigenvalue weighted by atomic mass is 10.0. The van der Waals surface area contributed by atoms with E-state index in [-0.39, 0.29) is 6.04 Å². The maximum atomic E-state index is 5.64. The average molecular weight is 262 g/mol. The second-order valence-electron chi connectivity index (χ2n) is 4.13. The molecule has 0 aliphatic heterocycles. The van der Waals surface area contributed by atoms with Crippen LogP contribution < -0.4 is 16.0 Å². The fourth-order valence-electron chi connectivity index (χ4n) is 1.89. The van der Waals surface area contributed by atoms with E-state index in [1.54, 1.807) is 18.4 Å². The highest BCUT2D eigenvalue weighted by atomic mass is 32.1. The SMILES string of the molecule is COc1csc(C(CCc2ccccc2)NN)c1. The topological polar surface area (TPSA) is 47.3 Å². The monoisotopic (exact) mass is 262 g/mol. The van der Waals surface area contributed by atoms with Crippen molar-refractivity contribution < 1.29 is 4.74 Å². The van der Waals surface area contributed by atoms with Gasteiger partial charge < -0.3 is 4.74 Å². The minimum Gasteiger partial charge on any atom is -0.496 e. The Bertz CT molecular complexity index is 470. The highest BCUT2D eigenvalue weighted by molar-refractivity contribution is 7.10. The number of hydrogen-bond donors (Lipinski definition) is 2. The van der Waals surface area contributed by atoms with Gasteiger partial charge in [-0.2, -0.15) is 0 Å². The van der Waals surface area contributed by atoms with E-state index in [1.807, 2.05) is 17.5 Å². The molecular weight excluding hydrogens is 244 g/mol. The summed E-state index contributed by atoms with van der Waals surface area (Å²) in [6, 6.07) is 12.7. The van der Waals surface area contributed by atoms with Gasteiger partial charge in [0.25, 0.3) is 0 Å². The second kappa shape index (κ2) is 6.54. The van der Waals surface area contributed by atoms with Gasteiger partial charge in [0, 0.05) is 10.3 Å². The van der Waals surface area contributed by atoms with Crippen LogP contribution in [0.15, 0.2) is 41.8 Å². The van der Waals surface area contributed by atoms with Crippen molar-refractivity contribution in [3.63, 3.8) is 0 Å². The van der Waals surface area contributed by atoms with E-state index in [0.717, 1.165) is 18.6 Å². The number of rotatable bonds is 6. The first kappa shape index (κ1) is 13.1. The molecule has 0 spiro atoms. The fraction of sp³-hybridized carbons (Fsp3) is 0.286. The molecule has 0 amide bonds. The molecule has 4 heteroatoms. The van der Waals surface area contributed by atoms with Crippen molar-refractivity contribution in [1.82, 2.24) is 5.43 Å². The van der Waals surface area contributed by atoms with Crippen LogP contribution in [0.4, 0.5) is 0 Å². The van der Waals surface area contributed by atoms with Crippen LogP contribution in [0, 0.1) is 0 Å². The third kappa shape index (κ3) is 3.32. The Morgan fingerprint density at radius 1 is 1.33 bits per heavy atom. The van der Waals surface area contributed by atoms with Gasteiger partial charge in [-0.25, -0.2) is 0 Å². The number of hydrazine groups is 1. The first-order valence-electron chi connectivity index (χ1n) is 5.96. The van der Waals surface area contributed by atoms with E-state index < -0.39 is 0 Å². The van der Waals surface area contributed by atoms with Crippen LogP contribution >= 0.6 is 11.3 Å². The highest BCUT2D eigenvalue weighted by Crippen LogP contribution is 2.28. The number of benzene rings is 1. The van der Waals surface area contributed by atoms with Crippen LogP contribution in [-0.2, 0) is 6.42 Å². The van der Waals surface area contributed by atoms with Crippen molar-refractivity contribution in [2.75, 3.05) is 7.11 Å². The maximum absolute atomic E-state index is 5.64. The Morgan fingerprint density at radius 2 is 2.11 bits per heavy atom. The Labute approximate surface area is 112 Å². The molecule has 96 valence electrons. The van der Waals surface area contributed by atoms with Crippen molar-refractivity contribution in [2.45, 2.75) is 18.9 Å². The summed E-state index contributed by atoms with van der Waals surface area (Å²) in [4.78, 5) is 1.21. The van der Waals surface area contributed by atoms with Gasteiger partial charge in [0.1, 0.15) is 5.75 Å². The molecule has 0 radical (unpaired) electrons. The van der Waals surface area contributed by atoms with Crippen molar-refractivity contribution in [1.29, 1.82) is 0 Å². The lowest BCUT2D eigenvalue weighted by molar-refractivity contribution is 0.415. The van der Waals surface area contributed by atoms with Gasteiger partial charge in [-0.3, -0.25) is 11.3 Å². The summed E-state index contributed by atoms with van der Waals surface area (Å²) in [5.74, 6) is 6.53. The normalized spacial score (nSPS) is 12.3. The summed E-state index contributed by atoms with van der Waals surface area (Å²) in [6.45, 7) is 0. The lowest BCUT2D eigenvalue weighted by Crippen LogP contribution is -2.27. The molecule has 1 unspecified atom stereocenters. The van der Waals surface area contributed by atoms with E-state index >= 15 is 0 Å². The first-order chi connectivity index (χ1) is 8.83. The van der Waals surface area contributed by atoms with Crippen molar-refractivity contribution >= 4 is 11.3 Å². The predicted octanol–water partition coefficient (Wildman–Crippen LogP) is 2.89. The molecule has 1 aromatic heterocycles. The van der Waals surface area contributed by atoms with Gasteiger partial charge in [0.15, 0.2) is 0 Å². The predicted molar refractivity (Wildman–Crippen MR) is 75.7 cm³/mol. The minimum absolute atomic E-state index is 0.180. The third-order valence-electron chi connectivity index (χ3n) is 2.94. The summed E-state index contributed by atoms with van der Waals surface area (Å²) in [7, 11) is 1.68. The fourth-order valence-corrected chi connectivity index (χ4v) is 2.84. The van der Waals surface area contributed by atoms with Crippen molar-refractivity contribution in [3.8, 4) is 5.75 Å². The van der Waals surface area contributed by atoms with Crippen LogP contribution in [0.5, 0.6) is 5.75 Å². The summed E-state index contributed by atoms with van der Waals surface area (Å²) < 4.78 is 5.19. The zero-order chi connectivity index (χ0) is 12.8. The van der Waals surface area contributed by atoms with E-state index in [2.05, 4.69) is 29.7 Å². The van der Waals surface area contributed by atoms with E-state index in [4.69, 9.17) is 10.6 Å². The first-order valence-corrected chi connectivity index (χ1v) is 6.84. The largest absolute Gasteiger partial charge is 0.496 e. The molecule has 2 rings (SSSR count). The zero-order valence-electron chi connectivity index (χ0n) is 10.4. The van der Waals surface area contributed by atoms with E-state index in [9.17, 15) is 0 Å². The molecular formula is C14H18N2OS. The molecule has 18 heavy (non-hydrogen) atoms. The Balaban J connectivity index is 1.97. The number of methoxy groups -OCH3 is 1. The van der Waals surface area contributed by atoms with E-state index in [1.165, 1.54) is 10.4 Å². The lowest BCUT2D eigenvalue weighted by Gasteiger charge is -2.13. The number of hydrogen-bond acceptors (Lipinski definition) is 4. The molecule has 0 aliphatic carbocycles. The molecule has 0 saturated heterocycles. The Morgan fingerprint density at radius 3 is 2.72 bits per heavy atom. The number of nitrogens with one attached hydrogen (secondary N) is 1. The second-order valence-corrected chi connectivity index (χ2v) is 5.08. The van der Waals surface area contributed by atoms with Gasteiger partial charge in [0.2, 0.25) is 0 Å². The minimum atomic E-state index is 0.180. The Kier molecular flexibility index (Phi) is 4.75. The summed E-state index contributed by atoms with van der Waals surface area (Å²) in [5.41, 5.74) is 4.22.